The van der Waals surface area contributed by atoms with Crippen molar-refractivity contribution in [2.24, 2.45) is 0 Å². The minimum absolute atomic E-state index is 0.105. The van der Waals surface area contributed by atoms with Crippen LogP contribution in [0.3, 0.4) is 0 Å². The number of ether oxygens (including phenoxy) is 1. The molecule has 26 heavy (non-hydrogen) atoms. The number of nitrogens with zero attached hydrogens (tertiary/aromatic N) is 2. The molecule has 1 fully saturated rings. The summed E-state index contributed by atoms with van der Waals surface area (Å²) < 4.78 is 5.16. The molecule has 2 N–H and O–H groups in total. The van der Waals surface area contributed by atoms with Crippen molar-refractivity contribution in [3.63, 3.8) is 0 Å². The molecule has 1 aromatic heterocycles. The van der Waals surface area contributed by atoms with Gasteiger partial charge in [0, 0.05) is 25.0 Å². The lowest BCUT2D eigenvalue weighted by Gasteiger charge is -2.26. The van der Waals surface area contributed by atoms with E-state index in [1.54, 1.807) is 25.4 Å². The molecule has 0 saturated carbocycles. The number of carbonyl (C=O) groups excluding carboxylic acids is 1. The second-order valence-corrected chi connectivity index (χ2v) is 6.41. The van der Waals surface area contributed by atoms with Crippen LogP contribution in [0.4, 0.5) is 11.5 Å². The van der Waals surface area contributed by atoms with Gasteiger partial charge in [0.25, 0.3) is 5.91 Å². The van der Waals surface area contributed by atoms with E-state index in [-0.39, 0.29) is 5.91 Å². The Balaban J connectivity index is 1.59. The highest BCUT2D eigenvalue weighted by Gasteiger charge is 2.14. The molecule has 1 aliphatic heterocycles. The Morgan fingerprint density at radius 2 is 1.92 bits per heavy atom. The second-order valence-electron chi connectivity index (χ2n) is 6.41. The van der Waals surface area contributed by atoms with Crippen LogP contribution < -0.4 is 15.4 Å². The molecular weight excluding hydrogens is 328 g/mol. The van der Waals surface area contributed by atoms with Crippen LogP contribution in [0, 0.1) is 0 Å². The maximum Gasteiger partial charge on any atom is 0.255 e. The zero-order valence-corrected chi connectivity index (χ0v) is 15.2. The maximum atomic E-state index is 12.6. The summed E-state index contributed by atoms with van der Waals surface area (Å²) in [4.78, 5) is 19.3. The first-order valence-electron chi connectivity index (χ1n) is 9.13. The third kappa shape index (κ3) is 4.95. The van der Waals surface area contributed by atoms with Crippen LogP contribution in [0.1, 0.15) is 29.6 Å². The number of methoxy groups -OCH3 is 1. The molecule has 1 aliphatic rings. The number of likely N-dealkylation sites (tertiary alicyclic amines) is 1. The summed E-state index contributed by atoms with van der Waals surface area (Å²) >= 11 is 0. The van der Waals surface area contributed by atoms with Crippen molar-refractivity contribution >= 4 is 17.4 Å². The summed E-state index contributed by atoms with van der Waals surface area (Å²) in [6.07, 6.45) is 5.51. The highest BCUT2D eigenvalue weighted by Crippen LogP contribution is 2.21. The SMILES string of the molecule is COc1ccc(Nc2ncccc2C(=O)NCCN2CCCCC2)cc1. The average Bonchev–Trinajstić information content (AvgIpc) is 2.70. The number of carbonyl (C=O) groups is 1. The lowest BCUT2D eigenvalue weighted by Crippen LogP contribution is -2.37. The highest BCUT2D eigenvalue weighted by atomic mass is 16.5. The number of piperidine rings is 1. The van der Waals surface area contributed by atoms with Gasteiger partial charge in [0.2, 0.25) is 0 Å². The van der Waals surface area contributed by atoms with E-state index >= 15 is 0 Å². The summed E-state index contributed by atoms with van der Waals surface area (Å²) in [7, 11) is 1.63. The number of nitrogens with one attached hydrogen (secondary N) is 2. The number of amides is 1. The van der Waals surface area contributed by atoms with E-state index in [1.807, 2.05) is 24.3 Å². The van der Waals surface area contributed by atoms with E-state index < -0.39 is 0 Å². The molecule has 0 radical (unpaired) electrons. The summed E-state index contributed by atoms with van der Waals surface area (Å²) in [5, 5.41) is 6.22. The first kappa shape index (κ1) is 18.2. The van der Waals surface area contributed by atoms with Gasteiger partial charge in [0.1, 0.15) is 11.6 Å². The third-order valence-corrected chi connectivity index (χ3v) is 4.57. The lowest BCUT2D eigenvalue weighted by atomic mass is 10.1. The topological polar surface area (TPSA) is 66.5 Å². The van der Waals surface area contributed by atoms with Crippen molar-refractivity contribution in [1.82, 2.24) is 15.2 Å². The number of aromatic nitrogens is 1. The molecule has 2 heterocycles. The van der Waals surface area contributed by atoms with Crippen molar-refractivity contribution < 1.29 is 9.53 Å². The van der Waals surface area contributed by atoms with Gasteiger partial charge in [-0.15, -0.1) is 0 Å². The minimum Gasteiger partial charge on any atom is -0.497 e. The van der Waals surface area contributed by atoms with Crippen molar-refractivity contribution in [3.8, 4) is 5.75 Å². The van der Waals surface area contributed by atoms with Crippen LogP contribution in [-0.2, 0) is 0 Å². The van der Waals surface area contributed by atoms with E-state index in [0.717, 1.165) is 31.1 Å². The van der Waals surface area contributed by atoms with Gasteiger partial charge < -0.3 is 20.3 Å². The molecule has 2 aromatic rings. The Morgan fingerprint density at radius 1 is 1.15 bits per heavy atom. The first-order chi connectivity index (χ1) is 12.8. The predicted molar refractivity (Wildman–Crippen MR) is 103 cm³/mol. The van der Waals surface area contributed by atoms with E-state index in [1.165, 1.54) is 19.3 Å². The van der Waals surface area contributed by atoms with Crippen molar-refractivity contribution in [2.45, 2.75) is 19.3 Å². The first-order valence-corrected chi connectivity index (χ1v) is 9.13. The zero-order chi connectivity index (χ0) is 18.2. The van der Waals surface area contributed by atoms with Crippen molar-refractivity contribution in [2.75, 3.05) is 38.6 Å². The number of anilines is 2. The smallest absolute Gasteiger partial charge is 0.255 e. The molecule has 0 aliphatic carbocycles. The molecule has 0 atom stereocenters. The van der Waals surface area contributed by atoms with E-state index in [9.17, 15) is 4.79 Å². The standard InChI is InChI=1S/C20H26N4O2/c1-26-17-9-7-16(8-10-17)23-19-18(6-5-11-21-19)20(25)22-12-15-24-13-3-2-4-14-24/h5-11H,2-4,12-15H2,1H3,(H,21,23)(H,22,25). The summed E-state index contributed by atoms with van der Waals surface area (Å²) in [6.45, 7) is 3.81. The normalized spacial score (nSPS) is 14.7. The molecule has 3 rings (SSSR count). The molecule has 0 bridgehead atoms. The van der Waals surface area contributed by atoms with E-state index in [2.05, 4.69) is 20.5 Å². The fourth-order valence-electron chi connectivity index (χ4n) is 3.10. The van der Waals surface area contributed by atoms with Crippen LogP contribution in [0.5, 0.6) is 5.75 Å². The van der Waals surface area contributed by atoms with Gasteiger partial charge in [-0.3, -0.25) is 4.79 Å². The Kier molecular flexibility index (Phi) is 6.44. The van der Waals surface area contributed by atoms with Crippen LogP contribution >= 0.6 is 0 Å². The monoisotopic (exact) mass is 354 g/mol. The summed E-state index contributed by atoms with van der Waals surface area (Å²) in [6, 6.07) is 11.1. The Bertz CT molecular complexity index is 712. The number of hydrogen-bond donors (Lipinski definition) is 2. The summed E-state index contributed by atoms with van der Waals surface area (Å²) in [5.41, 5.74) is 1.40. The van der Waals surface area contributed by atoms with Crippen LogP contribution in [-0.4, -0.2) is 49.1 Å². The average molecular weight is 354 g/mol. The number of rotatable bonds is 7. The van der Waals surface area contributed by atoms with Crippen LogP contribution in [0.15, 0.2) is 42.6 Å². The van der Waals surface area contributed by atoms with Crippen molar-refractivity contribution in [3.05, 3.63) is 48.2 Å². The number of benzene rings is 1. The van der Waals surface area contributed by atoms with Gasteiger partial charge in [0.15, 0.2) is 0 Å². The molecule has 6 nitrogen and oxygen atoms in total. The largest absolute Gasteiger partial charge is 0.497 e. The molecule has 6 heteroatoms. The molecular formula is C20H26N4O2. The number of pyridine rings is 1. The van der Waals surface area contributed by atoms with Gasteiger partial charge in [0.05, 0.1) is 12.7 Å². The Hall–Kier alpha value is -2.60. The zero-order valence-electron chi connectivity index (χ0n) is 15.2. The van der Waals surface area contributed by atoms with Gasteiger partial charge in [-0.25, -0.2) is 4.98 Å². The van der Waals surface area contributed by atoms with Gasteiger partial charge in [-0.2, -0.15) is 0 Å². The second kappa shape index (κ2) is 9.20. The van der Waals surface area contributed by atoms with Crippen LogP contribution in [0.25, 0.3) is 0 Å². The minimum atomic E-state index is -0.105. The predicted octanol–water partition coefficient (Wildman–Crippen LogP) is 3.05. The fraction of sp³-hybridized carbons (Fsp3) is 0.400. The van der Waals surface area contributed by atoms with E-state index in [0.29, 0.717) is 17.9 Å². The lowest BCUT2D eigenvalue weighted by molar-refractivity contribution is 0.0947. The van der Waals surface area contributed by atoms with Crippen molar-refractivity contribution in [1.29, 1.82) is 0 Å². The molecule has 1 amide bonds. The summed E-state index contributed by atoms with van der Waals surface area (Å²) in [5.74, 6) is 1.23. The molecule has 0 unspecified atom stereocenters. The molecule has 138 valence electrons. The van der Waals surface area contributed by atoms with Gasteiger partial charge >= 0.3 is 0 Å². The van der Waals surface area contributed by atoms with Gasteiger partial charge in [-0.05, 0) is 62.3 Å². The van der Waals surface area contributed by atoms with E-state index in [4.69, 9.17) is 4.74 Å². The van der Waals surface area contributed by atoms with Gasteiger partial charge in [-0.1, -0.05) is 6.42 Å². The molecule has 0 spiro atoms. The third-order valence-electron chi connectivity index (χ3n) is 4.57. The number of hydrogen-bond acceptors (Lipinski definition) is 5. The maximum absolute atomic E-state index is 12.6. The fourth-order valence-corrected chi connectivity index (χ4v) is 3.10. The molecule has 1 saturated heterocycles. The molecule has 1 aromatic carbocycles. The Morgan fingerprint density at radius 3 is 2.65 bits per heavy atom. The van der Waals surface area contributed by atoms with Crippen LogP contribution in [0.2, 0.25) is 0 Å². The Labute approximate surface area is 154 Å². The highest BCUT2D eigenvalue weighted by molar-refractivity contribution is 5.99. The quantitative estimate of drug-likeness (QED) is 0.800.